The monoisotopic (exact) mass is 228 g/mol. The van der Waals surface area contributed by atoms with E-state index in [4.69, 9.17) is 0 Å². The summed E-state index contributed by atoms with van der Waals surface area (Å²) in [6.45, 7) is 4.99. The third kappa shape index (κ3) is 3.18. The highest BCUT2D eigenvalue weighted by Crippen LogP contribution is 2.18. The van der Waals surface area contributed by atoms with Crippen molar-refractivity contribution < 1.29 is 13.6 Å². The molecule has 3 nitrogen and oxygen atoms in total. The van der Waals surface area contributed by atoms with E-state index >= 15 is 0 Å². The summed E-state index contributed by atoms with van der Waals surface area (Å²) in [6.07, 6.45) is 0. The normalized spacial score (nSPS) is 10.4. The number of halogens is 2. The topological polar surface area (TPSA) is 41.1 Å². The van der Waals surface area contributed by atoms with Crippen LogP contribution in [0.2, 0.25) is 0 Å². The summed E-state index contributed by atoms with van der Waals surface area (Å²) in [7, 11) is 0. The molecule has 1 rings (SSSR count). The summed E-state index contributed by atoms with van der Waals surface area (Å²) < 4.78 is 26.5. The number of urea groups is 1. The second-order valence-corrected chi connectivity index (χ2v) is 3.83. The van der Waals surface area contributed by atoms with Gasteiger partial charge in [-0.2, -0.15) is 0 Å². The zero-order valence-corrected chi connectivity index (χ0v) is 9.40. The Morgan fingerprint density at radius 3 is 2.44 bits per heavy atom. The van der Waals surface area contributed by atoms with Crippen molar-refractivity contribution in [3.63, 3.8) is 0 Å². The number of hydrogen-bond donors (Lipinski definition) is 2. The predicted octanol–water partition coefficient (Wildman–Crippen LogP) is 2.80. The fraction of sp³-hybridized carbons (Fsp3) is 0.364. The minimum Gasteiger partial charge on any atom is -0.336 e. The van der Waals surface area contributed by atoms with Gasteiger partial charge in [0.2, 0.25) is 0 Å². The maximum absolute atomic E-state index is 13.3. The van der Waals surface area contributed by atoms with Gasteiger partial charge in [0.05, 0.1) is 5.69 Å². The molecule has 0 atom stereocenters. The highest BCUT2D eigenvalue weighted by atomic mass is 19.1. The first-order valence-corrected chi connectivity index (χ1v) is 4.93. The van der Waals surface area contributed by atoms with E-state index < -0.39 is 17.7 Å². The molecule has 5 heteroatoms. The number of amides is 2. The summed E-state index contributed by atoms with van der Waals surface area (Å²) in [6, 6.07) is 1.38. The largest absolute Gasteiger partial charge is 0.336 e. The minimum absolute atomic E-state index is 0.0710. The standard InChI is InChI=1S/C11H14F2N2O/c1-6(2)14-11(16)15-10-5-8(12)7(3)4-9(10)13/h4-6H,1-3H3,(H2,14,15,16). The molecule has 0 radical (unpaired) electrons. The van der Waals surface area contributed by atoms with Gasteiger partial charge < -0.3 is 10.6 Å². The molecule has 0 aliphatic rings. The van der Waals surface area contributed by atoms with Crippen molar-refractivity contribution in [2.75, 3.05) is 5.32 Å². The first kappa shape index (κ1) is 12.4. The second kappa shape index (κ2) is 4.92. The van der Waals surface area contributed by atoms with E-state index in [1.54, 1.807) is 13.8 Å². The molecule has 1 aromatic rings. The molecule has 16 heavy (non-hydrogen) atoms. The number of rotatable bonds is 2. The highest BCUT2D eigenvalue weighted by Gasteiger charge is 2.10. The van der Waals surface area contributed by atoms with Gasteiger partial charge in [0, 0.05) is 12.1 Å². The van der Waals surface area contributed by atoms with Crippen LogP contribution in [0.3, 0.4) is 0 Å². The molecule has 2 N–H and O–H groups in total. The van der Waals surface area contributed by atoms with Crippen LogP contribution >= 0.6 is 0 Å². The first-order chi connectivity index (χ1) is 7.40. The van der Waals surface area contributed by atoms with Crippen LogP contribution in [0.1, 0.15) is 19.4 Å². The molecule has 2 amide bonds. The first-order valence-electron chi connectivity index (χ1n) is 4.93. The molecule has 0 spiro atoms. The lowest BCUT2D eigenvalue weighted by atomic mass is 10.2. The van der Waals surface area contributed by atoms with Crippen molar-refractivity contribution in [1.29, 1.82) is 0 Å². The molecule has 0 heterocycles. The molecule has 88 valence electrons. The second-order valence-electron chi connectivity index (χ2n) is 3.83. The number of hydrogen-bond acceptors (Lipinski definition) is 1. The number of carbonyl (C=O) groups excluding carboxylic acids is 1. The molecule has 0 bridgehead atoms. The smallest absolute Gasteiger partial charge is 0.319 e. The average Bonchev–Trinajstić information content (AvgIpc) is 2.12. The fourth-order valence-electron chi connectivity index (χ4n) is 1.16. The number of aryl methyl sites for hydroxylation is 1. The van der Waals surface area contributed by atoms with E-state index in [9.17, 15) is 13.6 Å². The Labute approximate surface area is 92.8 Å². The lowest BCUT2D eigenvalue weighted by Crippen LogP contribution is -2.34. The third-order valence-corrected chi connectivity index (χ3v) is 1.92. The van der Waals surface area contributed by atoms with Crippen LogP contribution in [0.25, 0.3) is 0 Å². The maximum atomic E-state index is 13.3. The Morgan fingerprint density at radius 1 is 1.25 bits per heavy atom. The van der Waals surface area contributed by atoms with Crippen LogP contribution in [0, 0.1) is 18.6 Å². The van der Waals surface area contributed by atoms with Gasteiger partial charge >= 0.3 is 6.03 Å². The van der Waals surface area contributed by atoms with Crippen LogP contribution in [0.4, 0.5) is 19.3 Å². The number of nitrogens with one attached hydrogen (secondary N) is 2. The zero-order chi connectivity index (χ0) is 12.3. The quantitative estimate of drug-likeness (QED) is 0.802. The molecule has 0 saturated carbocycles. The zero-order valence-electron chi connectivity index (χ0n) is 9.40. The Morgan fingerprint density at radius 2 is 1.88 bits per heavy atom. The number of carbonyl (C=O) groups is 1. The summed E-state index contributed by atoms with van der Waals surface area (Å²) in [5.41, 5.74) is 0.0357. The maximum Gasteiger partial charge on any atom is 0.319 e. The van der Waals surface area contributed by atoms with Gasteiger partial charge in [0.15, 0.2) is 0 Å². The lowest BCUT2D eigenvalue weighted by Gasteiger charge is -2.11. The van der Waals surface area contributed by atoms with Gasteiger partial charge in [-0.1, -0.05) is 0 Å². The van der Waals surface area contributed by atoms with E-state index in [0.29, 0.717) is 0 Å². The van der Waals surface area contributed by atoms with Crippen molar-refractivity contribution >= 4 is 11.7 Å². The average molecular weight is 228 g/mol. The Hall–Kier alpha value is -1.65. The van der Waals surface area contributed by atoms with Crippen molar-refractivity contribution in [2.45, 2.75) is 26.8 Å². The molecule has 0 aromatic heterocycles. The van der Waals surface area contributed by atoms with E-state index in [1.165, 1.54) is 6.92 Å². The molecule has 0 saturated heterocycles. The number of benzene rings is 1. The Kier molecular flexibility index (Phi) is 3.82. The SMILES string of the molecule is Cc1cc(F)c(NC(=O)NC(C)C)cc1F. The lowest BCUT2D eigenvalue weighted by molar-refractivity contribution is 0.250. The Bertz CT molecular complexity index is 405. The van der Waals surface area contributed by atoms with Gasteiger partial charge in [0.25, 0.3) is 0 Å². The van der Waals surface area contributed by atoms with Crippen LogP contribution in [0.5, 0.6) is 0 Å². The van der Waals surface area contributed by atoms with Crippen molar-refractivity contribution in [2.24, 2.45) is 0 Å². The molecule has 0 unspecified atom stereocenters. The summed E-state index contributed by atoms with van der Waals surface area (Å²) >= 11 is 0. The Balaban J connectivity index is 2.81. The fourth-order valence-corrected chi connectivity index (χ4v) is 1.16. The van der Waals surface area contributed by atoms with E-state index in [1.807, 2.05) is 0 Å². The van der Waals surface area contributed by atoms with Crippen LogP contribution in [-0.2, 0) is 0 Å². The van der Waals surface area contributed by atoms with Crippen molar-refractivity contribution in [1.82, 2.24) is 5.32 Å². The van der Waals surface area contributed by atoms with Gasteiger partial charge in [0.1, 0.15) is 11.6 Å². The highest BCUT2D eigenvalue weighted by molar-refractivity contribution is 5.89. The third-order valence-electron chi connectivity index (χ3n) is 1.92. The summed E-state index contributed by atoms with van der Waals surface area (Å²) in [5, 5.41) is 4.76. The summed E-state index contributed by atoms with van der Waals surface area (Å²) in [4.78, 5) is 11.3. The van der Waals surface area contributed by atoms with Crippen LogP contribution < -0.4 is 10.6 Å². The predicted molar refractivity (Wildman–Crippen MR) is 58.4 cm³/mol. The van der Waals surface area contributed by atoms with Crippen LogP contribution in [-0.4, -0.2) is 12.1 Å². The van der Waals surface area contributed by atoms with E-state index in [-0.39, 0.29) is 17.3 Å². The molecule has 0 fully saturated rings. The molecule has 0 aliphatic heterocycles. The van der Waals surface area contributed by atoms with Gasteiger partial charge in [-0.05, 0) is 32.4 Å². The van der Waals surface area contributed by atoms with E-state index in [2.05, 4.69) is 10.6 Å². The molecular formula is C11H14F2N2O. The molecular weight excluding hydrogens is 214 g/mol. The van der Waals surface area contributed by atoms with Gasteiger partial charge in [-0.25, -0.2) is 13.6 Å². The van der Waals surface area contributed by atoms with Crippen molar-refractivity contribution in [3.05, 3.63) is 29.3 Å². The van der Waals surface area contributed by atoms with Crippen LogP contribution in [0.15, 0.2) is 12.1 Å². The van der Waals surface area contributed by atoms with Crippen molar-refractivity contribution in [3.8, 4) is 0 Å². The van der Waals surface area contributed by atoms with Gasteiger partial charge in [-0.3, -0.25) is 0 Å². The minimum atomic E-state index is -0.655. The molecule has 0 aliphatic carbocycles. The summed E-state index contributed by atoms with van der Waals surface area (Å²) in [5.74, 6) is -1.21. The van der Waals surface area contributed by atoms with E-state index in [0.717, 1.165) is 12.1 Å². The van der Waals surface area contributed by atoms with Gasteiger partial charge in [-0.15, -0.1) is 0 Å². The molecule has 1 aromatic carbocycles. The number of anilines is 1.